The quantitative estimate of drug-likeness (QED) is 0.556. The summed E-state index contributed by atoms with van der Waals surface area (Å²) < 4.78 is 5.98. The Kier molecular flexibility index (Phi) is 5.72. The van der Waals surface area contributed by atoms with Gasteiger partial charge in [-0.3, -0.25) is 0 Å². The van der Waals surface area contributed by atoms with Crippen molar-refractivity contribution in [3.63, 3.8) is 0 Å². The van der Waals surface area contributed by atoms with Crippen molar-refractivity contribution in [1.82, 2.24) is 9.88 Å². The summed E-state index contributed by atoms with van der Waals surface area (Å²) in [5, 5.41) is 0.487. The van der Waals surface area contributed by atoms with Gasteiger partial charge >= 0.3 is 6.09 Å². The molecule has 1 amide bonds. The SMILES string of the molecule is CC(C)(C)OC(=O)N1CCC(C#Cc2[nH]ccc(=S)c2Cl)CC1. The summed E-state index contributed by atoms with van der Waals surface area (Å²) >= 11 is 11.3. The van der Waals surface area contributed by atoms with Crippen molar-refractivity contribution in [3.05, 3.63) is 27.5 Å². The molecule has 0 bridgehead atoms. The normalized spacial score (nSPS) is 15.7. The van der Waals surface area contributed by atoms with E-state index < -0.39 is 5.60 Å². The lowest BCUT2D eigenvalue weighted by atomic mass is 9.97. The predicted octanol–water partition coefficient (Wildman–Crippen LogP) is 4.40. The maximum Gasteiger partial charge on any atom is 0.410 e. The van der Waals surface area contributed by atoms with Gasteiger partial charge in [-0.2, -0.15) is 0 Å². The number of H-pyrrole nitrogens is 1. The Bertz CT molecular complexity index is 689. The zero-order valence-corrected chi connectivity index (χ0v) is 15.2. The average Bonchev–Trinajstić information content (AvgIpc) is 2.47. The first kappa shape index (κ1) is 17.8. The van der Waals surface area contributed by atoms with Crippen LogP contribution in [-0.4, -0.2) is 34.7 Å². The van der Waals surface area contributed by atoms with Crippen molar-refractivity contribution < 1.29 is 9.53 Å². The molecule has 0 atom stereocenters. The number of piperidine rings is 1. The van der Waals surface area contributed by atoms with E-state index in [1.165, 1.54) is 0 Å². The maximum absolute atomic E-state index is 12.0. The molecule has 1 fully saturated rings. The first-order valence-corrected chi connectivity index (χ1v) is 8.41. The Hall–Kier alpha value is -1.51. The van der Waals surface area contributed by atoms with E-state index in [2.05, 4.69) is 16.8 Å². The van der Waals surface area contributed by atoms with Crippen LogP contribution < -0.4 is 0 Å². The van der Waals surface area contributed by atoms with Crippen molar-refractivity contribution in [3.8, 4) is 11.8 Å². The number of carbonyl (C=O) groups excluding carboxylic acids is 1. The van der Waals surface area contributed by atoms with Gasteiger partial charge in [-0.25, -0.2) is 4.79 Å². The van der Waals surface area contributed by atoms with E-state index in [0.717, 1.165) is 12.8 Å². The number of likely N-dealkylation sites (tertiary alicyclic amines) is 1. The van der Waals surface area contributed by atoms with Gasteiger partial charge in [-0.1, -0.05) is 29.7 Å². The predicted molar refractivity (Wildman–Crippen MR) is 94.0 cm³/mol. The van der Waals surface area contributed by atoms with Crippen LogP contribution >= 0.6 is 23.8 Å². The van der Waals surface area contributed by atoms with Crippen molar-refractivity contribution in [2.24, 2.45) is 5.92 Å². The molecule has 2 rings (SSSR count). The molecule has 1 N–H and O–H groups in total. The van der Waals surface area contributed by atoms with Gasteiger partial charge in [0.25, 0.3) is 0 Å². The molecule has 1 aliphatic heterocycles. The molecule has 1 aromatic heterocycles. The number of hydrogen-bond acceptors (Lipinski definition) is 3. The number of nitrogens with zero attached hydrogens (tertiary/aromatic N) is 1. The highest BCUT2D eigenvalue weighted by molar-refractivity contribution is 7.71. The number of pyridine rings is 1. The lowest BCUT2D eigenvalue weighted by Gasteiger charge is -2.31. The highest BCUT2D eigenvalue weighted by Crippen LogP contribution is 2.20. The smallest absolute Gasteiger partial charge is 0.410 e. The fraction of sp³-hybridized carbons (Fsp3) is 0.529. The fourth-order valence-electron chi connectivity index (χ4n) is 2.26. The van der Waals surface area contributed by atoms with E-state index >= 15 is 0 Å². The minimum Gasteiger partial charge on any atom is -0.444 e. The van der Waals surface area contributed by atoms with Crippen molar-refractivity contribution in [2.45, 2.75) is 39.2 Å². The number of halogens is 1. The lowest BCUT2D eigenvalue weighted by molar-refractivity contribution is 0.0199. The summed E-state index contributed by atoms with van der Waals surface area (Å²) in [4.78, 5) is 16.8. The minimum absolute atomic E-state index is 0.243. The highest BCUT2D eigenvalue weighted by Gasteiger charge is 2.26. The second-order valence-corrected chi connectivity index (χ2v) is 7.36. The molecule has 124 valence electrons. The Morgan fingerprint density at radius 3 is 2.70 bits per heavy atom. The summed E-state index contributed by atoms with van der Waals surface area (Å²) in [6.45, 7) is 6.93. The summed E-state index contributed by atoms with van der Waals surface area (Å²) in [6, 6.07) is 1.74. The lowest BCUT2D eigenvalue weighted by Crippen LogP contribution is -2.41. The largest absolute Gasteiger partial charge is 0.444 e. The Morgan fingerprint density at radius 2 is 2.09 bits per heavy atom. The molecule has 1 aromatic rings. The number of carbonyl (C=O) groups is 1. The number of aromatic nitrogens is 1. The van der Waals surface area contributed by atoms with Crippen LogP contribution in [0.2, 0.25) is 5.02 Å². The van der Waals surface area contributed by atoms with E-state index in [4.69, 9.17) is 28.6 Å². The molecular weight excluding hydrogens is 332 g/mol. The zero-order valence-electron chi connectivity index (χ0n) is 13.6. The van der Waals surface area contributed by atoms with E-state index in [0.29, 0.717) is 28.3 Å². The second kappa shape index (κ2) is 7.37. The third-order valence-electron chi connectivity index (χ3n) is 3.45. The molecular formula is C17H21ClN2O2S. The topological polar surface area (TPSA) is 45.3 Å². The number of amides is 1. The molecule has 1 saturated heterocycles. The third-order valence-corrected chi connectivity index (χ3v) is 4.29. The standard InChI is InChI=1S/C17H21ClN2O2S/c1-17(2,3)22-16(21)20-10-7-12(8-11-20)4-5-13-15(18)14(23)6-9-19-13/h6,9,12H,7-8,10-11H2,1-3H3,(H,19,23). The molecule has 1 aliphatic rings. The van der Waals surface area contributed by atoms with Crippen LogP contribution in [0.15, 0.2) is 12.3 Å². The Balaban J connectivity index is 1.93. The first-order chi connectivity index (χ1) is 10.8. The van der Waals surface area contributed by atoms with Crippen LogP contribution in [0.4, 0.5) is 4.79 Å². The molecule has 0 aromatic carbocycles. The van der Waals surface area contributed by atoms with Gasteiger partial charge in [0.05, 0.1) is 9.53 Å². The summed E-state index contributed by atoms with van der Waals surface area (Å²) in [5.74, 6) is 6.53. The maximum atomic E-state index is 12.0. The molecule has 0 aliphatic carbocycles. The first-order valence-electron chi connectivity index (χ1n) is 7.63. The van der Waals surface area contributed by atoms with Gasteiger partial charge < -0.3 is 14.6 Å². The molecule has 0 saturated carbocycles. The monoisotopic (exact) mass is 352 g/mol. The van der Waals surface area contributed by atoms with Crippen LogP contribution in [0.1, 0.15) is 39.3 Å². The Labute approximate surface area is 147 Å². The number of hydrogen-bond donors (Lipinski definition) is 1. The number of ether oxygens (including phenoxy) is 1. The molecule has 0 unspecified atom stereocenters. The van der Waals surface area contributed by atoms with Gasteiger partial charge in [0, 0.05) is 25.2 Å². The van der Waals surface area contributed by atoms with Gasteiger partial charge in [-0.05, 0) is 45.6 Å². The molecule has 6 heteroatoms. The summed E-state index contributed by atoms with van der Waals surface area (Å²) in [7, 11) is 0. The van der Waals surface area contributed by atoms with Gasteiger partial charge in [-0.15, -0.1) is 0 Å². The van der Waals surface area contributed by atoms with Crippen molar-refractivity contribution >= 4 is 29.9 Å². The molecule has 4 nitrogen and oxygen atoms in total. The Morgan fingerprint density at radius 1 is 1.43 bits per heavy atom. The van der Waals surface area contributed by atoms with Crippen molar-refractivity contribution in [1.29, 1.82) is 0 Å². The fourth-order valence-corrected chi connectivity index (χ4v) is 2.59. The van der Waals surface area contributed by atoms with Crippen LogP contribution in [0, 0.1) is 22.3 Å². The molecule has 23 heavy (non-hydrogen) atoms. The molecule has 0 spiro atoms. The molecule has 2 heterocycles. The van der Waals surface area contributed by atoms with Crippen LogP contribution in [0.25, 0.3) is 0 Å². The molecule has 0 radical (unpaired) electrons. The van der Waals surface area contributed by atoms with E-state index in [9.17, 15) is 4.79 Å². The average molecular weight is 353 g/mol. The number of rotatable bonds is 0. The van der Waals surface area contributed by atoms with Gasteiger partial charge in [0.2, 0.25) is 0 Å². The number of aromatic amines is 1. The highest BCUT2D eigenvalue weighted by atomic mass is 35.5. The zero-order chi connectivity index (χ0) is 17.0. The van der Waals surface area contributed by atoms with Crippen molar-refractivity contribution in [2.75, 3.05) is 13.1 Å². The van der Waals surface area contributed by atoms with E-state index in [1.54, 1.807) is 17.2 Å². The number of nitrogens with one attached hydrogen (secondary N) is 1. The van der Waals surface area contributed by atoms with Gasteiger partial charge in [0.1, 0.15) is 11.3 Å². The van der Waals surface area contributed by atoms with Gasteiger partial charge in [0.15, 0.2) is 0 Å². The minimum atomic E-state index is -0.463. The van der Waals surface area contributed by atoms with Crippen LogP contribution in [-0.2, 0) is 4.74 Å². The van der Waals surface area contributed by atoms with Crippen LogP contribution in [0.5, 0.6) is 0 Å². The van der Waals surface area contributed by atoms with Crippen LogP contribution in [0.3, 0.4) is 0 Å². The third kappa shape index (κ3) is 5.26. The van der Waals surface area contributed by atoms with E-state index in [1.807, 2.05) is 20.8 Å². The summed E-state index contributed by atoms with van der Waals surface area (Å²) in [6.07, 6.45) is 3.15. The van der Waals surface area contributed by atoms with E-state index in [-0.39, 0.29) is 12.0 Å². The summed E-state index contributed by atoms with van der Waals surface area (Å²) in [5.41, 5.74) is 0.184. The second-order valence-electron chi connectivity index (χ2n) is 6.54.